The Morgan fingerprint density at radius 1 is 1.37 bits per heavy atom. The molecule has 2 rings (SSSR count). The highest BCUT2D eigenvalue weighted by Gasteiger charge is 2.23. The van der Waals surface area contributed by atoms with Crippen molar-refractivity contribution in [1.29, 1.82) is 0 Å². The number of hydrogen-bond acceptors (Lipinski definition) is 2. The van der Waals surface area contributed by atoms with Gasteiger partial charge in [0.25, 0.3) is 5.91 Å². The van der Waals surface area contributed by atoms with Crippen LogP contribution >= 0.6 is 0 Å². The van der Waals surface area contributed by atoms with Gasteiger partial charge in [0, 0.05) is 23.2 Å². The first-order valence-corrected chi connectivity index (χ1v) is 6.82. The van der Waals surface area contributed by atoms with Crippen molar-refractivity contribution in [2.75, 3.05) is 5.32 Å². The summed E-state index contributed by atoms with van der Waals surface area (Å²) in [6.07, 6.45) is 2.93. The Bertz CT molecular complexity index is 481. The molecule has 102 valence electrons. The molecule has 2 N–H and O–H groups in total. The first-order chi connectivity index (χ1) is 9.10. The minimum Gasteiger partial charge on any atom is -0.349 e. The zero-order valence-corrected chi connectivity index (χ0v) is 11.4. The number of benzene rings is 1. The lowest BCUT2D eigenvalue weighted by Gasteiger charge is -2.11. The van der Waals surface area contributed by atoms with E-state index >= 15 is 0 Å². The zero-order chi connectivity index (χ0) is 13.8. The summed E-state index contributed by atoms with van der Waals surface area (Å²) in [5.74, 6) is -0.103. The Labute approximate surface area is 113 Å². The summed E-state index contributed by atoms with van der Waals surface area (Å²) in [6.45, 7) is 3.86. The van der Waals surface area contributed by atoms with Crippen molar-refractivity contribution in [2.45, 2.75) is 39.2 Å². The van der Waals surface area contributed by atoms with Gasteiger partial charge in [0.1, 0.15) is 0 Å². The number of hydrogen-bond donors (Lipinski definition) is 2. The van der Waals surface area contributed by atoms with Crippen LogP contribution in [0.2, 0.25) is 0 Å². The molecule has 0 aliphatic heterocycles. The van der Waals surface area contributed by atoms with Gasteiger partial charge in [-0.3, -0.25) is 9.59 Å². The van der Waals surface area contributed by atoms with E-state index in [0.29, 0.717) is 17.3 Å². The van der Waals surface area contributed by atoms with Gasteiger partial charge in [-0.1, -0.05) is 19.9 Å². The van der Waals surface area contributed by atoms with Crippen molar-refractivity contribution < 1.29 is 9.59 Å². The maximum atomic E-state index is 11.9. The highest BCUT2D eigenvalue weighted by atomic mass is 16.2. The molecule has 1 aromatic rings. The fourth-order valence-electron chi connectivity index (χ4n) is 1.69. The molecule has 4 nitrogen and oxygen atoms in total. The minimum atomic E-state index is -0.0675. The molecule has 0 heterocycles. The fourth-order valence-corrected chi connectivity index (χ4v) is 1.69. The Hall–Kier alpha value is -1.84. The van der Waals surface area contributed by atoms with E-state index in [1.807, 2.05) is 13.8 Å². The van der Waals surface area contributed by atoms with Crippen molar-refractivity contribution >= 4 is 17.5 Å². The van der Waals surface area contributed by atoms with Crippen LogP contribution in [0.5, 0.6) is 0 Å². The predicted octanol–water partition coefficient (Wildman–Crippen LogP) is 2.56. The summed E-state index contributed by atoms with van der Waals surface area (Å²) in [6, 6.07) is 7.41. The maximum Gasteiger partial charge on any atom is 0.251 e. The highest BCUT2D eigenvalue weighted by molar-refractivity contribution is 5.97. The largest absolute Gasteiger partial charge is 0.349 e. The molecule has 1 aliphatic rings. The van der Waals surface area contributed by atoms with Crippen molar-refractivity contribution in [3.8, 4) is 0 Å². The topological polar surface area (TPSA) is 58.2 Å². The molecule has 0 aromatic heterocycles. The van der Waals surface area contributed by atoms with Crippen molar-refractivity contribution in [3.63, 3.8) is 0 Å². The van der Waals surface area contributed by atoms with Crippen LogP contribution < -0.4 is 10.6 Å². The molecule has 1 atom stereocenters. The summed E-state index contributed by atoms with van der Waals surface area (Å²) in [5, 5.41) is 5.77. The lowest BCUT2D eigenvalue weighted by molar-refractivity contribution is -0.119. The van der Waals surface area contributed by atoms with Crippen LogP contribution in [-0.2, 0) is 4.79 Å². The summed E-state index contributed by atoms with van der Waals surface area (Å²) in [4.78, 5) is 23.7. The minimum absolute atomic E-state index is 0.0118. The molecule has 2 amide bonds. The smallest absolute Gasteiger partial charge is 0.251 e. The summed E-state index contributed by atoms with van der Waals surface area (Å²) < 4.78 is 0. The molecule has 1 fully saturated rings. The third-order valence-corrected chi connectivity index (χ3v) is 3.36. The van der Waals surface area contributed by atoms with E-state index < -0.39 is 0 Å². The lowest BCUT2D eigenvalue weighted by Crippen LogP contribution is -2.25. The third-order valence-electron chi connectivity index (χ3n) is 3.36. The van der Waals surface area contributed by atoms with Crippen LogP contribution in [0.1, 0.15) is 43.5 Å². The average molecular weight is 260 g/mol. The van der Waals surface area contributed by atoms with Crippen molar-refractivity contribution in [1.82, 2.24) is 5.32 Å². The Balaban J connectivity index is 2.01. The molecule has 1 saturated carbocycles. The number of carbonyl (C=O) groups excluding carboxylic acids is 2. The average Bonchev–Trinajstić information content (AvgIpc) is 3.22. The standard InChI is InChI=1S/C15H20N2O2/c1-3-10(2)14(18)17-13-6-4-5-11(9-13)15(19)16-12-7-8-12/h4-6,9-10,12H,3,7-8H2,1-2H3,(H,16,19)(H,17,18)/t10-/m0/s1. The first-order valence-electron chi connectivity index (χ1n) is 6.82. The van der Waals surface area contributed by atoms with Gasteiger partial charge in [-0.2, -0.15) is 0 Å². The maximum absolute atomic E-state index is 11.9. The monoisotopic (exact) mass is 260 g/mol. The molecular weight excluding hydrogens is 240 g/mol. The number of nitrogens with one attached hydrogen (secondary N) is 2. The van der Waals surface area contributed by atoms with E-state index in [1.165, 1.54) is 0 Å². The number of anilines is 1. The SMILES string of the molecule is CC[C@H](C)C(=O)Nc1cccc(C(=O)NC2CC2)c1. The molecule has 0 saturated heterocycles. The zero-order valence-electron chi connectivity index (χ0n) is 11.4. The second kappa shape index (κ2) is 5.87. The lowest BCUT2D eigenvalue weighted by atomic mass is 10.1. The third kappa shape index (κ3) is 3.81. The molecule has 1 aliphatic carbocycles. The first kappa shape index (κ1) is 13.6. The van der Waals surface area contributed by atoms with Crippen molar-refractivity contribution in [3.05, 3.63) is 29.8 Å². The molecule has 0 spiro atoms. The molecule has 0 radical (unpaired) electrons. The van der Waals surface area contributed by atoms with Gasteiger partial charge in [0.05, 0.1) is 0 Å². The second-order valence-electron chi connectivity index (χ2n) is 5.13. The molecule has 19 heavy (non-hydrogen) atoms. The number of rotatable bonds is 5. The Kier molecular flexibility index (Phi) is 4.20. The molecular formula is C15H20N2O2. The van der Waals surface area contributed by atoms with Gasteiger partial charge in [-0.15, -0.1) is 0 Å². The summed E-state index contributed by atoms with van der Waals surface area (Å²) in [7, 11) is 0. The Morgan fingerprint density at radius 3 is 2.74 bits per heavy atom. The van der Waals surface area contributed by atoms with E-state index in [0.717, 1.165) is 19.3 Å². The molecule has 0 bridgehead atoms. The van der Waals surface area contributed by atoms with Crippen LogP contribution in [0.15, 0.2) is 24.3 Å². The highest BCUT2D eigenvalue weighted by Crippen LogP contribution is 2.20. The number of carbonyl (C=O) groups is 2. The van der Waals surface area contributed by atoms with Gasteiger partial charge >= 0.3 is 0 Å². The van der Waals surface area contributed by atoms with Crippen LogP contribution in [0.4, 0.5) is 5.69 Å². The van der Waals surface area contributed by atoms with Gasteiger partial charge < -0.3 is 10.6 Å². The van der Waals surface area contributed by atoms with Gasteiger partial charge in [0.15, 0.2) is 0 Å². The van der Waals surface area contributed by atoms with E-state index in [2.05, 4.69) is 10.6 Å². The van der Waals surface area contributed by atoms with Crippen LogP contribution in [-0.4, -0.2) is 17.9 Å². The second-order valence-corrected chi connectivity index (χ2v) is 5.13. The fraction of sp³-hybridized carbons (Fsp3) is 0.467. The van der Waals surface area contributed by atoms with E-state index in [1.54, 1.807) is 24.3 Å². The van der Waals surface area contributed by atoms with Gasteiger partial charge in [-0.05, 0) is 37.5 Å². The number of amides is 2. The van der Waals surface area contributed by atoms with Crippen LogP contribution in [0, 0.1) is 5.92 Å². The summed E-state index contributed by atoms with van der Waals surface area (Å²) in [5.41, 5.74) is 1.27. The van der Waals surface area contributed by atoms with E-state index in [4.69, 9.17) is 0 Å². The van der Waals surface area contributed by atoms with Crippen LogP contribution in [0.25, 0.3) is 0 Å². The van der Waals surface area contributed by atoms with Crippen molar-refractivity contribution in [2.24, 2.45) is 5.92 Å². The van der Waals surface area contributed by atoms with Gasteiger partial charge in [0.2, 0.25) is 5.91 Å². The molecule has 1 aromatic carbocycles. The quantitative estimate of drug-likeness (QED) is 0.854. The Morgan fingerprint density at radius 2 is 2.11 bits per heavy atom. The summed E-state index contributed by atoms with van der Waals surface area (Å²) >= 11 is 0. The van der Waals surface area contributed by atoms with Crippen LogP contribution in [0.3, 0.4) is 0 Å². The van der Waals surface area contributed by atoms with E-state index in [-0.39, 0.29) is 17.7 Å². The predicted molar refractivity (Wildman–Crippen MR) is 75.0 cm³/mol. The van der Waals surface area contributed by atoms with E-state index in [9.17, 15) is 9.59 Å². The molecule has 4 heteroatoms. The van der Waals surface area contributed by atoms with Gasteiger partial charge in [-0.25, -0.2) is 0 Å². The normalized spacial score (nSPS) is 15.7. The molecule has 0 unspecified atom stereocenters.